The molecule has 1 atom stereocenters. The fourth-order valence-electron chi connectivity index (χ4n) is 1.20. The summed E-state index contributed by atoms with van der Waals surface area (Å²) in [5.74, 6) is 0.348. The summed E-state index contributed by atoms with van der Waals surface area (Å²) in [6, 6.07) is 1.92. The van der Waals surface area contributed by atoms with Crippen molar-refractivity contribution in [3.05, 3.63) is 21.4 Å². The van der Waals surface area contributed by atoms with E-state index in [1.54, 1.807) is 0 Å². The zero-order chi connectivity index (χ0) is 12.3. The van der Waals surface area contributed by atoms with E-state index in [4.69, 9.17) is 11.6 Å². The van der Waals surface area contributed by atoms with Crippen molar-refractivity contribution in [2.45, 2.75) is 33.1 Å². The van der Waals surface area contributed by atoms with Crippen molar-refractivity contribution in [3.8, 4) is 0 Å². The molecule has 0 radical (unpaired) electrons. The lowest BCUT2D eigenvalue weighted by Crippen LogP contribution is -2.31. The van der Waals surface area contributed by atoms with Crippen LogP contribution in [0.5, 0.6) is 0 Å². The van der Waals surface area contributed by atoms with Crippen molar-refractivity contribution in [3.63, 3.8) is 0 Å². The molecule has 0 aliphatic rings. The normalized spacial score (nSPS) is 12.9. The van der Waals surface area contributed by atoms with Crippen molar-refractivity contribution in [2.75, 3.05) is 6.54 Å². The first kappa shape index (κ1) is 13.5. The van der Waals surface area contributed by atoms with Gasteiger partial charge in [0.15, 0.2) is 0 Å². The Kier molecular flexibility index (Phi) is 4.81. The summed E-state index contributed by atoms with van der Waals surface area (Å²) < 4.78 is 0. The van der Waals surface area contributed by atoms with Gasteiger partial charge in [0.05, 0.1) is 10.3 Å². The van der Waals surface area contributed by atoms with Crippen molar-refractivity contribution in [1.82, 2.24) is 5.32 Å². The molecule has 0 saturated heterocycles. The van der Waals surface area contributed by atoms with Crippen LogP contribution in [0.25, 0.3) is 0 Å². The van der Waals surface area contributed by atoms with E-state index in [2.05, 4.69) is 5.32 Å². The lowest BCUT2D eigenvalue weighted by Gasteiger charge is -2.13. The molecule has 90 valence electrons. The van der Waals surface area contributed by atoms with Gasteiger partial charge in [-0.05, 0) is 31.4 Å². The minimum atomic E-state index is -0.0208. The monoisotopic (exact) mass is 259 g/mol. The van der Waals surface area contributed by atoms with Gasteiger partial charge < -0.3 is 5.32 Å². The van der Waals surface area contributed by atoms with Crippen LogP contribution in [-0.4, -0.2) is 17.8 Å². The van der Waals surface area contributed by atoms with E-state index in [9.17, 15) is 4.79 Å². The van der Waals surface area contributed by atoms with Gasteiger partial charge in [-0.25, -0.2) is 0 Å². The molecule has 1 heterocycles. The van der Waals surface area contributed by atoms with Crippen LogP contribution in [0.15, 0.2) is 6.07 Å². The molecule has 0 saturated carbocycles. The summed E-state index contributed by atoms with van der Waals surface area (Å²) in [5.41, 5.74) is 1.17. The third-order valence-corrected chi connectivity index (χ3v) is 4.38. The molecule has 1 N–H and O–H groups in total. The summed E-state index contributed by atoms with van der Waals surface area (Å²) in [6.45, 7) is 8.65. The zero-order valence-corrected chi connectivity index (χ0v) is 11.7. The maximum atomic E-state index is 11.8. The quantitative estimate of drug-likeness (QED) is 0.826. The molecular weight excluding hydrogens is 242 g/mol. The van der Waals surface area contributed by atoms with Crippen LogP contribution >= 0.6 is 22.9 Å². The molecule has 0 aliphatic carbocycles. The van der Waals surface area contributed by atoms with Crippen LogP contribution in [0, 0.1) is 19.8 Å². The second-order valence-corrected chi connectivity index (χ2v) is 6.14. The van der Waals surface area contributed by atoms with Crippen LogP contribution in [0.4, 0.5) is 0 Å². The van der Waals surface area contributed by atoms with Crippen molar-refractivity contribution < 1.29 is 4.79 Å². The van der Waals surface area contributed by atoms with Gasteiger partial charge in [0.1, 0.15) is 0 Å². The Hall–Kier alpha value is -0.540. The molecule has 0 spiro atoms. The summed E-state index contributed by atoms with van der Waals surface area (Å²) >= 11 is 7.60. The molecule has 16 heavy (non-hydrogen) atoms. The number of carbonyl (C=O) groups excluding carboxylic acids is 1. The number of nitrogens with one attached hydrogen (secondary N) is 1. The van der Waals surface area contributed by atoms with Crippen molar-refractivity contribution in [1.29, 1.82) is 0 Å². The molecule has 1 unspecified atom stereocenters. The highest BCUT2D eigenvalue weighted by molar-refractivity contribution is 7.14. The number of carbonyl (C=O) groups is 1. The molecular formula is C12H18ClNOS. The average molecular weight is 260 g/mol. The average Bonchev–Trinajstić information content (AvgIpc) is 2.55. The number of halogens is 1. The maximum Gasteiger partial charge on any atom is 0.261 e. The summed E-state index contributed by atoms with van der Waals surface area (Å²) in [4.78, 5) is 13.7. The van der Waals surface area contributed by atoms with Crippen LogP contribution in [0.2, 0.25) is 0 Å². The number of hydrogen-bond acceptors (Lipinski definition) is 2. The SMILES string of the molecule is Cc1cc(C(=O)NCC(Cl)C(C)C)sc1C. The van der Waals surface area contributed by atoms with Gasteiger partial charge in [0.2, 0.25) is 0 Å². The Morgan fingerprint density at radius 1 is 1.50 bits per heavy atom. The first-order chi connectivity index (χ1) is 7.41. The fourth-order valence-corrected chi connectivity index (χ4v) is 2.23. The van der Waals surface area contributed by atoms with E-state index in [0.29, 0.717) is 12.5 Å². The van der Waals surface area contributed by atoms with Crippen LogP contribution < -0.4 is 5.32 Å². The van der Waals surface area contributed by atoms with Gasteiger partial charge in [-0.15, -0.1) is 22.9 Å². The lowest BCUT2D eigenvalue weighted by atomic mass is 10.1. The van der Waals surface area contributed by atoms with Gasteiger partial charge in [-0.1, -0.05) is 13.8 Å². The van der Waals surface area contributed by atoms with Gasteiger partial charge >= 0.3 is 0 Å². The number of amides is 1. The molecule has 1 aromatic heterocycles. The summed E-state index contributed by atoms with van der Waals surface area (Å²) in [6.07, 6.45) is 0. The van der Waals surface area contributed by atoms with Gasteiger partial charge in [0, 0.05) is 11.4 Å². The van der Waals surface area contributed by atoms with Gasteiger partial charge in [-0.2, -0.15) is 0 Å². The van der Waals surface area contributed by atoms with E-state index in [-0.39, 0.29) is 11.3 Å². The van der Waals surface area contributed by atoms with Gasteiger partial charge in [-0.3, -0.25) is 4.79 Å². The molecule has 2 nitrogen and oxygen atoms in total. The minimum Gasteiger partial charge on any atom is -0.350 e. The zero-order valence-electron chi connectivity index (χ0n) is 10.1. The number of rotatable bonds is 4. The molecule has 4 heteroatoms. The third-order valence-electron chi connectivity index (χ3n) is 2.57. The molecule has 0 bridgehead atoms. The predicted octanol–water partition coefficient (Wildman–Crippen LogP) is 3.36. The Labute approximate surface area is 106 Å². The topological polar surface area (TPSA) is 29.1 Å². The van der Waals surface area contributed by atoms with E-state index >= 15 is 0 Å². The number of hydrogen-bond donors (Lipinski definition) is 1. The number of aryl methyl sites for hydroxylation is 2. The Bertz CT molecular complexity index is 354. The Morgan fingerprint density at radius 2 is 2.12 bits per heavy atom. The summed E-state index contributed by atoms with van der Waals surface area (Å²) in [7, 11) is 0. The molecule has 1 amide bonds. The molecule has 1 rings (SSSR count). The van der Waals surface area contributed by atoms with Crippen molar-refractivity contribution in [2.24, 2.45) is 5.92 Å². The highest BCUT2D eigenvalue weighted by atomic mass is 35.5. The Balaban J connectivity index is 2.53. The van der Waals surface area contributed by atoms with Crippen LogP contribution in [0.3, 0.4) is 0 Å². The third kappa shape index (κ3) is 3.49. The molecule has 0 fully saturated rings. The van der Waals surface area contributed by atoms with Crippen molar-refractivity contribution >= 4 is 28.8 Å². The lowest BCUT2D eigenvalue weighted by molar-refractivity contribution is 0.0956. The van der Waals surface area contributed by atoms with Crippen LogP contribution in [-0.2, 0) is 0 Å². The standard InChI is InChI=1S/C12H18ClNOS/c1-7(2)10(13)6-14-12(15)11-5-8(3)9(4)16-11/h5,7,10H,6H2,1-4H3,(H,14,15). The second-order valence-electron chi connectivity index (χ2n) is 4.32. The van der Waals surface area contributed by atoms with Gasteiger partial charge in [0.25, 0.3) is 5.91 Å². The molecule has 0 aliphatic heterocycles. The number of thiophene rings is 1. The first-order valence-electron chi connectivity index (χ1n) is 5.41. The largest absolute Gasteiger partial charge is 0.350 e. The number of alkyl halides is 1. The smallest absolute Gasteiger partial charge is 0.261 e. The molecule has 1 aromatic rings. The summed E-state index contributed by atoms with van der Waals surface area (Å²) in [5, 5.41) is 2.85. The first-order valence-corrected chi connectivity index (χ1v) is 6.66. The highest BCUT2D eigenvalue weighted by Gasteiger charge is 2.14. The van der Waals surface area contributed by atoms with Crippen LogP contribution in [0.1, 0.15) is 34.0 Å². The second kappa shape index (κ2) is 5.69. The van der Waals surface area contributed by atoms with E-state index in [0.717, 1.165) is 4.88 Å². The fraction of sp³-hybridized carbons (Fsp3) is 0.583. The van der Waals surface area contributed by atoms with E-state index < -0.39 is 0 Å². The maximum absolute atomic E-state index is 11.8. The Morgan fingerprint density at radius 3 is 2.56 bits per heavy atom. The predicted molar refractivity (Wildman–Crippen MR) is 70.6 cm³/mol. The minimum absolute atomic E-state index is 0.00824. The highest BCUT2D eigenvalue weighted by Crippen LogP contribution is 2.20. The molecule has 0 aromatic carbocycles. The van der Waals surface area contributed by atoms with E-state index in [1.165, 1.54) is 21.8 Å². The van der Waals surface area contributed by atoms with E-state index in [1.807, 2.05) is 33.8 Å².